The second-order valence-electron chi connectivity index (χ2n) is 6.18. The molecule has 0 aromatic carbocycles. The second-order valence-corrected chi connectivity index (χ2v) is 6.18. The van der Waals surface area contributed by atoms with Gasteiger partial charge >= 0.3 is 5.97 Å². The molecule has 4 heteroatoms. The van der Waals surface area contributed by atoms with Crippen molar-refractivity contribution in [1.82, 2.24) is 0 Å². The van der Waals surface area contributed by atoms with Crippen LogP contribution in [0.1, 0.15) is 46.0 Å². The lowest BCUT2D eigenvalue weighted by atomic mass is 9.84. The van der Waals surface area contributed by atoms with Gasteiger partial charge in [0.1, 0.15) is 5.78 Å². The van der Waals surface area contributed by atoms with Crippen molar-refractivity contribution in [2.75, 3.05) is 13.2 Å². The Balaban J connectivity index is 2.09. The number of Topliss-reactive ketones (excluding diaryl/α,β-unsaturated/α-hetero) is 1. The molecule has 2 aliphatic heterocycles. The van der Waals surface area contributed by atoms with E-state index in [-0.39, 0.29) is 29.2 Å². The summed E-state index contributed by atoms with van der Waals surface area (Å²) in [6.07, 6.45) is 3.21. The van der Waals surface area contributed by atoms with Gasteiger partial charge in [0.05, 0.1) is 18.6 Å². The van der Waals surface area contributed by atoms with Gasteiger partial charge in [0, 0.05) is 24.9 Å². The number of ether oxygens (including phenoxy) is 2. The predicted octanol–water partition coefficient (Wildman–Crippen LogP) is 2.10. The maximum absolute atomic E-state index is 12.0. The molecule has 2 unspecified atom stereocenters. The highest BCUT2D eigenvalue weighted by Crippen LogP contribution is 2.30. The molecule has 0 aromatic rings. The van der Waals surface area contributed by atoms with Crippen molar-refractivity contribution in [3.8, 4) is 0 Å². The van der Waals surface area contributed by atoms with Gasteiger partial charge in [-0.1, -0.05) is 13.8 Å². The fourth-order valence-corrected chi connectivity index (χ4v) is 2.74. The van der Waals surface area contributed by atoms with Crippen molar-refractivity contribution in [2.24, 2.45) is 11.3 Å². The van der Waals surface area contributed by atoms with E-state index < -0.39 is 0 Å². The van der Waals surface area contributed by atoms with E-state index in [4.69, 9.17) is 9.47 Å². The summed E-state index contributed by atoms with van der Waals surface area (Å²) in [5.41, 5.74) is -0.255. The minimum atomic E-state index is -0.255. The third-order valence-electron chi connectivity index (χ3n) is 3.73. The predicted molar refractivity (Wildman–Crippen MR) is 66.1 cm³/mol. The van der Waals surface area contributed by atoms with Crippen LogP contribution in [0, 0.1) is 11.3 Å². The van der Waals surface area contributed by atoms with Crippen LogP contribution < -0.4 is 0 Å². The lowest BCUT2D eigenvalue weighted by Gasteiger charge is -2.33. The van der Waals surface area contributed by atoms with E-state index in [0.717, 1.165) is 12.8 Å². The molecule has 102 valence electrons. The van der Waals surface area contributed by atoms with Gasteiger partial charge in [-0.2, -0.15) is 0 Å². The number of cyclic esters (lactones) is 1. The number of hydrogen-bond donors (Lipinski definition) is 0. The Kier molecular flexibility index (Phi) is 4.05. The molecule has 18 heavy (non-hydrogen) atoms. The second kappa shape index (κ2) is 5.39. The average Bonchev–Trinajstić information content (AvgIpc) is 2.33. The van der Waals surface area contributed by atoms with Crippen LogP contribution in [0.2, 0.25) is 0 Å². The molecule has 2 rings (SSSR count). The zero-order valence-corrected chi connectivity index (χ0v) is 11.2. The number of esters is 1. The Hall–Kier alpha value is -0.900. The van der Waals surface area contributed by atoms with E-state index in [1.165, 1.54) is 0 Å². The van der Waals surface area contributed by atoms with Gasteiger partial charge in [-0.15, -0.1) is 0 Å². The van der Waals surface area contributed by atoms with Crippen molar-refractivity contribution in [3.05, 3.63) is 0 Å². The van der Waals surface area contributed by atoms with Gasteiger partial charge < -0.3 is 9.47 Å². The lowest BCUT2D eigenvalue weighted by molar-refractivity contribution is -0.163. The first-order valence-corrected chi connectivity index (χ1v) is 6.78. The van der Waals surface area contributed by atoms with Gasteiger partial charge in [-0.25, -0.2) is 0 Å². The molecule has 2 atom stereocenters. The van der Waals surface area contributed by atoms with Crippen LogP contribution in [-0.4, -0.2) is 31.1 Å². The fourth-order valence-electron chi connectivity index (χ4n) is 2.74. The topological polar surface area (TPSA) is 52.6 Å². The summed E-state index contributed by atoms with van der Waals surface area (Å²) >= 11 is 0. The number of rotatable bonds is 0. The minimum absolute atomic E-state index is 0.128. The van der Waals surface area contributed by atoms with E-state index in [1.807, 2.05) is 13.8 Å². The molecule has 2 fully saturated rings. The number of fused-ring (bicyclic) bond motifs is 1. The van der Waals surface area contributed by atoms with Gasteiger partial charge in [0.15, 0.2) is 0 Å². The zero-order valence-electron chi connectivity index (χ0n) is 11.2. The SMILES string of the molecule is CC1(C)COC(=O)C2CCCOC2CCC(=O)C1. The number of hydrogen-bond acceptors (Lipinski definition) is 4. The highest BCUT2D eigenvalue weighted by atomic mass is 16.5. The van der Waals surface area contributed by atoms with E-state index in [2.05, 4.69) is 0 Å². The smallest absolute Gasteiger partial charge is 0.311 e. The highest BCUT2D eigenvalue weighted by molar-refractivity contribution is 5.79. The van der Waals surface area contributed by atoms with Crippen LogP contribution in [0.3, 0.4) is 0 Å². The molecular weight excluding hydrogens is 232 g/mol. The Labute approximate surface area is 108 Å². The monoisotopic (exact) mass is 254 g/mol. The Bertz CT molecular complexity index is 335. The molecular formula is C14H22O4. The third-order valence-corrected chi connectivity index (χ3v) is 3.73. The number of ketones is 1. The van der Waals surface area contributed by atoms with Crippen molar-refractivity contribution >= 4 is 11.8 Å². The Morgan fingerprint density at radius 2 is 2.00 bits per heavy atom. The van der Waals surface area contributed by atoms with Crippen molar-refractivity contribution in [1.29, 1.82) is 0 Å². The van der Waals surface area contributed by atoms with Gasteiger partial charge in [-0.05, 0) is 19.3 Å². The summed E-state index contributed by atoms with van der Waals surface area (Å²) in [6.45, 7) is 4.94. The summed E-state index contributed by atoms with van der Waals surface area (Å²) < 4.78 is 11.0. The summed E-state index contributed by atoms with van der Waals surface area (Å²) in [5, 5.41) is 0. The van der Waals surface area contributed by atoms with Crippen LogP contribution in [0.4, 0.5) is 0 Å². The molecule has 0 amide bonds. The number of carbonyl (C=O) groups excluding carboxylic acids is 2. The Morgan fingerprint density at radius 1 is 1.22 bits per heavy atom. The molecule has 0 spiro atoms. The first kappa shape index (κ1) is 13.5. The highest BCUT2D eigenvalue weighted by Gasteiger charge is 2.36. The quantitative estimate of drug-likeness (QED) is 0.621. The van der Waals surface area contributed by atoms with Crippen molar-refractivity contribution in [3.63, 3.8) is 0 Å². The van der Waals surface area contributed by atoms with E-state index in [0.29, 0.717) is 32.5 Å². The summed E-state index contributed by atoms with van der Waals surface area (Å²) in [7, 11) is 0. The molecule has 0 radical (unpaired) electrons. The molecule has 0 saturated carbocycles. The van der Waals surface area contributed by atoms with Crippen molar-refractivity contribution in [2.45, 2.75) is 52.1 Å². The molecule has 0 N–H and O–H groups in total. The summed E-state index contributed by atoms with van der Waals surface area (Å²) in [6, 6.07) is 0. The summed E-state index contributed by atoms with van der Waals surface area (Å²) in [4.78, 5) is 23.9. The lowest BCUT2D eigenvalue weighted by Crippen LogP contribution is -2.39. The summed E-state index contributed by atoms with van der Waals surface area (Å²) in [5.74, 6) is -0.0894. The maximum Gasteiger partial charge on any atom is 0.311 e. The normalized spacial score (nSPS) is 33.4. The van der Waals surface area contributed by atoms with Crippen LogP contribution in [0.25, 0.3) is 0 Å². The molecule has 2 heterocycles. The number of carbonyl (C=O) groups is 2. The van der Waals surface area contributed by atoms with E-state index in [9.17, 15) is 9.59 Å². The molecule has 2 aliphatic rings. The fraction of sp³-hybridized carbons (Fsp3) is 0.857. The van der Waals surface area contributed by atoms with Gasteiger partial charge in [0.2, 0.25) is 0 Å². The van der Waals surface area contributed by atoms with E-state index in [1.54, 1.807) is 0 Å². The molecule has 0 bridgehead atoms. The van der Waals surface area contributed by atoms with Crippen LogP contribution >= 0.6 is 0 Å². The molecule has 0 aromatic heterocycles. The molecule has 2 saturated heterocycles. The van der Waals surface area contributed by atoms with Crippen molar-refractivity contribution < 1.29 is 19.1 Å². The van der Waals surface area contributed by atoms with Gasteiger partial charge in [0.25, 0.3) is 0 Å². The maximum atomic E-state index is 12.0. The molecule has 4 nitrogen and oxygen atoms in total. The third kappa shape index (κ3) is 3.31. The average molecular weight is 254 g/mol. The largest absolute Gasteiger partial charge is 0.465 e. The van der Waals surface area contributed by atoms with Crippen LogP contribution in [-0.2, 0) is 19.1 Å². The first-order chi connectivity index (χ1) is 8.48. The van der Waals surface area contributed by atoms with E-state index >= 15 is 0 Å². The Morgan fingerprint density at radius 3 is 2.78 bits per heavy atom. The van der Waals surface area contributed by atoms with Gasteiger partial charge in [-0.3, -0.25) is 9.59 Å². The van der Waals surface area contributed by atoms with Crippen LogP contribution in [0.5, 0.6) is 0 Å². The standard InChI is InChI=1S/C14H22O4/c1-14(2)8-10(15)5-6-12-11(4-3-7-17-12)13(16)18-9-14/h11-12H,3-9H2,1-2H3. The first-order valence-electron chi connectivity index (χ1n) is 6.78. The zero-order chi connectivity index (χ0) is 13.2. The minimum Gasteiger partial charge on any atom is -0.465 e. The molecule has 0 aliphatic carbocycles. The van der Waals surface area contributed by atoms with Crippen LogP contribution in [0.15, 0.2) is 0 Å².